The van der Waals surface area contributed by atoms with Crippen LogP contribution >= 0.6 is 11.6 Å². The molecule has 1 saturated heterocycles. The molecule has 0 amide bonds. The fourth-order valence-corrected chi connectivity index (χ4v) is 2.41. The summed E-state index contributed by atoms with van der Waals surface area (Å²) >= 11 is 6.18. The van der Waals surface area contributed by atoms with Crippen LogP contribution in [0.15, 0.2) is 18.5 Å². The first-order valence-electron chi connectivity index (χ1n) is 6.82. The highest BCUT2D eigenvalue weighted by molar-refractivity contribution is 6.31. The topological polar surface area (TPSA) is 43.4 Å². The second kappa shape index (κ2) is 7.80. The molecule has 1 aliphatic heterocycles. The van der Waals surface area contributed by atoms with E-state index in [2.05, 4.69) is 17.2 Å². The second-order valence-electron chi connectivity index (χ2n) is 4.72. The zero-order valence-corrected chi connectivity index (χ0v) is 12.0. The molecular weight excluding hydrogens is 264 g/mol. The van der Waals surface area contributed by atoms with Crippen molar-refractivity contribution in [1.29, 1.82) is 0 Å². The van der Waals surface area contributed by atoms with Crippen molar-refractivity contribution in [2.45, 2.75) is 31.9 Å². The summed E-state index contributed by atoms with van der Waals surface area (Å²) in [5, 5.41) is 4.24. The number of nitrogens with one attached hydrogen (secondary N) is 1. The van der Waals surface area contributed by atoms with Gasteiger partial charge in [-0.25, -0.2) is 0 Å². The van der Waals surface area contributed by atoms with Crippen LogP contribution in [0.4, 0.5) is 0 Å². The van der Waals surface area contributed by atoms with Gasteiger partial charge >= 0.3 is 0 Å². The van der Waals surface area contributed by atoms with Gasteiger partial charge in [0.25, 0.3) is 0 Å². The highest BCUT2D eigenvalue weighted by atomic mass is 35.5. The highest BCUT2D eigenvalue weighted by Gasteiger charge is 2.25. The number of nitrogens with zero attached hydrogens (tertiary/aromatic N) is 1. The number of rotatable bonds is 6. The monoisotopic (exact) mass is 284 g/mol. The maximum absolute atomic E-state index is 6.18. The van der Waals surface area contributed by atoms with E-state index >= 15 is 0 Å². The van der Waals surface area contributed by atoms with E-state index < -0.39 is 0 Å². The molecule has 2 unspecified atom stereocenters. The van der Waals surface area contributed by atoms with E-state index in [1.54, 1.807) is 12.4 Å². The Bertz CT molecular complexity index is 383. The molecular formula is C14H21ClN2O2. The molecule has 1 aromatic rings. The summed E-state index contributed by atoms with van der Waals surface area (Å²) in [5.41, 5.74) is 1.10. The molecule has 0 spiro atoms. The molecule has 1 aromatic heterocycles. The third-order valence-corrected chi connectivity index (χ3v) is 3.58. The number of hydrogen-bond donors (Lipinski definition) is 1. The first-order valence-corrected chi connectivity index (χ1v) is 7.20. The average Bonchev–Trinajstić information content (AvgIpc) is 2.46. The lowest BCUT2D eigenvalue weighted by atomic mass is 10.0. The largest absolute Gasteiger partial charge is 0.376 e. The molecule has 106 valence electrons. The van der Waals surface area contributed by atoms with Crippen LogP contribution in [0.25, 0.3) is 0 Å². The van der Waals surface area contributed by atoms with Gasteiger partial charge in [0.2, 0.25) is 0 Å². The molecule has 1 N–H and O–H groups in total. The summed E-state index contributed by atoms with van der Waals surface area (Å²) in [6.07, 6.45) is 5.47. The summed E-state index contributed by atoms with van der Waals surface area (Å²) in [6.45, 7) is 5.12. The van der Waals surface area contributed by atoms with Crippen molar-refractivity contribution in [1.82, 2.24) is 10.3 Å². The fraction of sp³-hybridized carbons (Fsp3) is 0.643. The normalized spacial score (nSPS) is 21.3. The molecule has 0 saturated carbocycles. The van der Waals surface area contributed by atoms with Gasteiger partial charge in [-0.15, -0.1) is 0 Å². The average molecular weight is 285 g/mol. The molecule has 1 aliphatic rings. The summed E-state index contributed by atoms with van der Waals surface area (Å²) in [7, 11) is 0. The van der Waals surface area contributed by atoms with E-state index in [0.29, 0.717) is 24.8 Å². The summed E-state index contributed by atoms with van der Waals surface area (Å²) in [6, 6.07) is 2.19. The Kier molecular flexibility index (Phi) is 6.04. The zero-order chi connectivity index (χ0) is 13.5. The van der Waals surface area contributed by atoms with Crippen LogP contribution in [0, 0.1) is 0 Å². The van der Waals surface area contributed by atoms with Crippen molar-refractivity contribution in [3.63, 3.8) is 0 Å². The molecule has 2 rings (SSSR count). The van der Waals surface area contributed by atoms with Crippen molar-refractivity contribution in [2.24, 2.45) is 0 Å². The predicted molar refractivity (Wildman–Crippen MR) is 75.6 cm³/mol. The number of pyridine rings is 1. The van der Waals surface area contributed by atoms with Crippen LogP contribution in [-0.4, -0.2) is 43.5 Å². The highest BCUT2D eigenvalue weighted by Crippen LogP contribution is 2.18. The SMILES string of the molecule is CCCNC(Cc1ccncc1Cl)C1COCCO1. The van der Waals surface area contributed by atoms with Gasteiger partial charge in [0.15, 0.2) is 0 Å². The molecule has 4 nitrogen and oxygen atoms in total. The van der Waals surface area contributed by atoms with Crippen molar-refractivity contribution < 1.29 is 9.47 Å². The van der Waals surface area contributed by atoms with Crippen molar-refractivity contribution in [3.8, 4) is 0 Å². The Morgan fingerprint density at radius 2 is 2.42 bits per heavy atom. The van der Waals surface area contributed by atoms with Crippen LogP contribution in [0.2, 0.25) is 5.02 Å². The molecule has 0 aromatic carbocycles. The molecule has 2 atom stereocenters. The number of ether oxygens (including phenoxy) is 2. The summed E-state index contributed by atoms with van der Waals surface area (Å²) < 4.78 is 11.3. The number of halogens is 1. The van der Waals surface area contributed by atoms with Gasteiger partial charge in [-0.1, -0.05) is 18.5 Å². The van der Waals surface area contributed by atoms with Gasteiger partial charge < -0.3 is 14.8 Å². The fourth-order valence-electron chi connectivity index (χ4n) is 2.21. The van der Waals surface area contributed by atoms with Crippen molar-refractivity contribution in [3.05, 3.63) is 29.0 Å². The molecule has 5 heteroatoms. The van der Waals surface area contributed by atoms with E-state index in [4.69, 9.17) is 21.1 Å². The van der Waals surface area contributed by atoms with Crippen LogP contribution in [-0.2, 0) is 15.9 Å². The smallest absolute Gasteiger partial charge is 0.0965 e. The Labute approximate surface area is 119 Å². The van der Waals surface area contributed by atoms with Crippen LogP contribution in [0.1, 0.15) is 18.9 Å². The molecule has 19 heavy (non-hydrogen) atoms. The number of aromatic nitrogens is 1. The lowest BCUT2D eigenvalue weighted by Crippen LogP contribution is -2.48. The van der Waals surface area contributed by atoms with Crippen LogP contribution in [0.3, 0.4) is 0 Å². The Morgan fingerprint density at radius 3 is 3.11 bits per heavy atom. The van der Waals surface area contributed by atoms with Crippen molar-refractivity contribution in [2.75, 3.05) is 26.4 Å². The van der Waals surface area contributed by atoms with Gasteiger partial charge in [-0.3, -0.25) is 4.98 Å². The summed E-state index contributed by atoms with van der Waals surface area (Å²) in [4.78, 5) is 4.02. The molecule has 0 bridgehead atoms. The minimum Gasteiger partial charge on any atom is -0.376 e. The van der Waals surface area contributed by atoms with E-state index in [0.717, 1.165) is 24.9 Å². The van der Waals surface area contributed by atoms with E-state index in [1.807, 2.05) is 6.07 Å². The Balaban J connectivity index is 2.02. The van der Waals surface area contributed by atoms with Gasteiger partial charge in [0.1, 0.15) is 0 Å². The van der Waals surface area contributed by atoms with Gasteiger partial charge in [0, 0.05) is 18.4 Å². The minimum atomic E-state index is 0.0875. The lowest BCUT2D eigenvalue weighted by molar-refractivity contribution is -0.101. The molecule has 0 radical (unpaired) electrons. The van der Waals surface area contributed by atoms with Gasteiger partial charge in [0.05, 0.1) is 30.9 Å². The summed E-state index contributed by atoms with van der Waals surface area (Å²) in [5.74, 6) is 0. The third kappa shape index (κ3) is 4.42. The molecule has 1 fully saturated rings. The minimum absolute atomic E-state index is 0.0875. The van der Waals surface area contributed by atoms with Crippen LogP contribution < -0.4 is 5.32 Å². The maximum atomic E-state index is 6.18. The first-order chi connectivity index (χ1) is 9.31. The second-order valence-corrected chi connectivity index (χ2v) is 5.12. The van der Waals surface area contributed by atoms with E-state index in [-0.39, 0.29) is 12.1 Å². The van der Waals surface area contributed by atoms with Crippen molar-refractivity contribution >= 4 is 11.6 Å². The molecule has 2 heterocycles. The van der Waals surface area contributed by atoms with E-state index in [9.17, 15) is 0 Å². The zero-order valence-electron chi connectivity index (χ0n) is 11.3. The number of hydrogen-bond acceptors (Lipinski definition) is 4. The quantitative estimate of drug-likeness (QED) is 0.868. The lowest BCUT2D eigenvalue weighted by Gasteiger charge is -2.31. The third-order valence-electron chi connectivity index (χ3n) is 3.24. The molecule has 0 aliphatic carbocycles. The van der Waals surface area contributed by atoms with E-state index in [1.165, 1.54) is 0 Å². The van der Waals surface area contributed by atoms with Gasteiger partial charge in [-0.05, 0) is 31.0 Å². The predicted octanol–water partition coefficient (Wildman–Crippen LogP) is 2.06. The standard InChI is InChI=1S/C14H21ClN2O2/c1-2-4-17-13(14-10-18-6-7-19-14)8-11-3-5-16-9-12(11)15/h3,5,9,13-14,17H,2,4,6-8,10H2,1H3. The Morgan fingerprint density at radius 1 is 1.53 bits per heavy atom. The Hall–Kier alpha value is -0.680. The van der Waals surface area contributed by atoms with Gasteiger partial charge in [-0.2, -0.15) is 0 Å². The maximum Gasteiger partial charge on any atom is 0.0965 e. The first kappa shape index (κ1) is 14.7. The van der Waals surface area contributed by atoms with Crippen LogP contribution in [0.5, 0.6) is 0 Å².